The van der Waals surface area contributed by atoms with Gasteiger partial charge in [0.2, 0.25) is 5.91 Å². The molecule has 0 saturated carbocycles. The Balaban J connectivity index is 2.01. The first-order valence-electron chi connectivity index (χ1n) is 8.75. The molecule has 1 aromatic carbocycles. The molecule has 0 unspecified atom stereocenters. The van der Waals surface area contributed by atoms with E-state index in [4.69, 9.17) is 10.5 Å². The van der Waals surface area contributed by atoms with Crippen LogP contribution in [0.5, 0.6) is 0 Å². The van der Waals surface area contributed by atoms with Gasteiger partial charge < -0.3 is 15.6 Å². The summed E-state index contributed by atoms with van der Waals surface area (Å²) in [4.78, 5) is 11.9. The van der Waals surface area contributed by atoms with Crippen molar-refractivity contribution in [1.29, 1.82) is 0 Å². The third-order valence-corrected chi connectivity index (χ3v) is 5.46. The maximum Gasteiger partial charge on any atom is 0.249 e. The molecule has 3 rings (SSSR count). The minimum Gasteiger partial charge on any atom is -0.385 e. The fourth-order valence-corrected chi connectivity index (χ4v) is 3.63. The molecule has 2 aliphatic rings. The molecule has 4 nitrogen and oxygen atoms in total. The molecule has 3 N–H and O–H groups in total. The number of hydrogen-bond acceptors (Lipinski definition) is 3. The Morgan fingerprint density at radius 1 is 1.21 bits per heavy atom. The van der Waals surface area contributed by atoms with Gasteiger partial charge in [0.25, 0.3) is 0 Å². The first-order valence-corrected chi connectivity index (χ1v) is 8.75. The summed E-state index contributed by atoms with van der Waals surface area (Å²) in [5.74, 6) is -0.416. The van der Waals surface area contributed by atoms with Crippen molar-refractivity contribution >= 4 is 11.5 Å². The summed E-state index contributed by atoms with van der Waals surface area (Å²) < 4.78 is 5.37. The second-order valence-corrected chi connectivity index (χ2v) is 7.87. The number of aliphatic hydroxyl groups is 1. The monoisotopic (exact) mass is 329 g/mol. The van der Waals surface area contributed by atoms with Crippen molar-refractivity contribution in [1.82, 2.24) is 0 Å². The second kappa shape index (κ2) is 6.34. The molecule has 1 saturated heterocycles. The number of nitrogens with two attached hydrogens (primary N) is 1. The van der Waals surface area contributed by atoms with Crippen molar-refractivity contribution in [2.45, 2.75) is 51.6 Å². The molecular formula is C20H27NO3. The highest BCUT2D eigenvalue weighted by molar-refractivity contribution is 5.98. The fraction of sp³-hybridized carbons (Fsp3) is 0.550. The largest absolute Gasteiger partial charge is 0.385 e. The van der Waals surface area contributed by atoms with Gasteiger partial charge in [0.05, 0.1) is 5.60 Å². The van der Waals surface area contributed by atoms with Crippen LogP contribution in [0.4, 0.5) is 0 Å². The van der Waals surface area contributed by atoms with E-state index in [0.717, 1.165) is 30.4 Å². The molecule has 1 aliphatic heterocycles. The normalized spacial score (nSPS) is 22.7. The number of carbonyl (C=O) groups is 1. The van der Waals surface area contributed by atoms with Gasteiger partial charge in [0.15, 0.2) is 0 Å². The Morgan fingerprint density at radius 2 is 1.92 bits per heavy atom. The highest BCUT2D eigenvalue weighted by atomic mass is 16.5. The van der Waals surface area contributed by atoms with E-state index in [1.807, 2.05) is 12.1 Å². The number of rotatable bonds is 3. The fourth-order valence-electron chi connectivity index (χ4n) is 3.63. The maximum atomic E-state index is 11.9. The maximum absolute atomic E-state index is 11.9. The average Bonchev–Trinajstić information content (AvgIpc) is 2.55. The summed E-state index contributed by atoms with van der Waals surface area (Å²) in [6, 6.07) is 5.57. The van der Waals surface area contributed by atoms with E-state index in [1.54, 1.807) is 6.07 Å². The van der Waals surface area contributed by atoms with E-state index in [0.29, 0.717) is 37.0 Å². The Kier molecular flexibility index (Phi) is 4.54. The van der Waals surface area contributed by atoms with Crippen LogP contribution in [0.25, 0.3) is 5.57 Å². The Bertz CT molecular complexity index is 669. The standard InChI is InChI=1S/C20H27NO3/c1-19(2)7-5-14(6-8-19)17-13-15(3-4-16(17)18(21)22)20(23)9-11-24-12-10-20/h3-5,13,23H,6-12H2,1-2H3,(H2,21,22). The third-order valence-electron chi connectivity index (χ3n) is 5.46. The highest BCUT2D eigenvalue weighted by Gasteiger charge is 2.33. The SMILES string of the molecule is CC1(C)CC=C(c2cc(C3(O)CCOCC3)ccc2C(N)=O)CC1. The smallest absolute Gasteiger partial charge is 0.249 e. The molecule has 1 aromatic rings. The zero-order valence-corrected chi connectivity index (χ0v) is 14.6. The molecule has 1 aliphatic carbocycles. The van der Waals surface area contributed by atoms with Crippen LogP contribution in [0.2, 0.25) is 0 Å². The van der Waals surface area contributed by atoms with Gasteiger partial charge in [-0.25, -0.2) is 0 Å². The van der Waals surface area contributed by atoms with Crippen molar-refractivity contribution in [3.63, 3.8) is 0 Å². The predicted octanol–water partition coefficient (Wildman–Crippen LogP) is 3.38. The van der Waals surface area contributed by atoms with Gasteiger partial charge in [-0.1, -0.05) is 26.0 Å². The summed E-state index contributed by atoms with van der Waals surface area (Å²) in [5, 5.41) is 11.0. The van der Waals surface area contributed by atoms with E-state index >= 15 is 0 Å². The van der Waals surface area contributed by atoms with Crippen LogP contribution in [0, 0.1) is 5.41 Å². The quantitative estimate of drug-likeness (QED) is 0.893. The van der Waals surface area contributed by atoms with Crippen molar-refractivity contribution < 1.29 is 14.6 Å². The van der Waals surface area contributed by atoms with Crippen molar-refractivity contribution in [2.75, 3.05) is 13.2 Å². The van der Waals surface area contributed by atoms with Crippen LogP contribution in [0.15, 0.2) is 24.3 Å². The van der Waals surface area contributed by atoms with E-state index < -0.39 is 11.5 Å². The summed E-state index contributed by atoms with van der Waals surface area (Å²) in [6.07, 6.45) is 6.38. The molecule has 0 aromatic heterocycles. The van der Waals surface area contributed by atoms with Gasteiger partial charge >= 0.3 is 0 Å². The number of amides is 1. The van der Waals surface area contributed by atoms with E-state index in [2.05, 4.69) is 19.9 Å². The molecule has 1 heterocycles. The number of hydrogen-bond donors (Lipinski definition) is 2. The molecule has 130 valence electrons. The van der Waals surface area contributed by atoms with Crippen LogP contribution in [-0.4, -0.2) is 24.2 Å². The van der Waals surface area contributed by atoms with Crippen LogP contribution in [0.3, 0.4) is 0 Å². The number of allylic oxidation sites excluding steroid dienone is 2. The Morgan fingerprint density at radius 3 is 2.50 bits per heavy atom. The van der Waals surface area contributed by atoms with Gasteiger partial charge in [0.1, 0.15) is 0 Å². The zero-order valence-electron chi connectivity index (χ0n) is 14.6. The first kappa shape index (κ1) is 17.2. The van der Waals surface area contributed by atoms with Gasteiger partial charge in [0, 0.05) is 31.6 Å². The van der Waals surface area contributed by atoms with Gasteiger partial charge in [-0.05, 0) is 53.5 Å². The molecule has 24 heavy (non-hydrogen) atoms. The van der Waals surface area contributed by atoms with Crippen LogP contribution in [0.1, 0.15) is 67.4 Å². The van der Waals surface area contributed by atoms with Crippen molar-refractivity contribution in [3.05, 3.63) is 41.0 Å². The Labute approximate surface area is 143 Å². The molecule has 1 amide bonds. The topological polar surface area (TPSA) is 72.6 Å². The van der Waals surface area contributed by atoms with E-state index in [-0.39, 0.29) is 0 Å². The molecule has 4 heteroatoms. The lowest BCUT2D eigenvalue weighted by molar-refractivity contribution is -0.0679. The van der Waals surface area contributed by atoms with E-state index in [1.165, 1.54) is 5.57 Å². The number of primary amides is 1. The lowest BCUT2D eigenvalue weighted by Crippen LogP contribution is -2.33. The van der Waals surface area contributed by atoms with E-state index in [9.17, 15) is 9.90 Å². The summed E-state index contributed by atoms with van der Waals surface area (Å²) in [6.45, 7) is 5.63. The minimum absolute atomic E-state index is 0.299. The summed E-state index contributed by atoms with van der Waals surface area (Å²) in [5.41, 5.74) is 8.46. The molecular weight excluding hydrogens is 302 g/mol. The van der Waals surface area contributed by atoms with Crippen molar-refractivity contribution in [2.24, 2.45) is 11.1 Å². The number of benzene rings is 1. The number of ether oxygens (including phenoxy) is 1. The summed E-state index contributed by atoms with van der Waals surface area (Å²) >= 11 is 0. The molecule has 0 bridgehead atoms. The molecule has 0 radical (unpaired) electrons. The average molecular weight is 329 g/mol. The van der Waals surface area contributed by atoms with Gasteiger partial charge in [-0.3, -0.25) is 4.79 Å². The first-order chi connectivity index (χ1) is 11.3. The lowest BCUT2D eigenvalue weighted by atomic mass is 9.75. The molecule has 1 fully saturated rings. The minimum atomic E-state index is -0.877. The second-order valence-electron chi connectivity index (χ2n) is 7.87. The van der Waals surface area contributed by atoms with Crippen LogP contribution >= 0.6 is 0 Å². The van der Waals surface area contributed by atoms with Crippen LogP contribution < -0.4 is 5.73 Å². The Hall–Kier alpha value is -1.65. The number of carbonyl (C=O) groups excluding carboxylic acids is 1. The van der Waals surface area contributed by atoms with Crippen molar-refractivity contribution in [3.8, 4) is 0 Å². The third kappa shape index (κ3) is 3.40. The molecule has 0 spiro atoms. The molecule has 0 atom stereocenters. The summed E-state index contributed by atoms with van der Waals surface area (Å²) in [7, 11) is 0. The van der Waals surface area contributed by atoms with Gasteiger partial charge in [-0.15, -0.1) is 0 Å². The highest BCUT2D eigenvalue weighted by Crippen LogP contribution is 2.40. The van der Waals surface area contributed by atoms with Crippen LogP contribution in [-0.2, 0) is 10.3 Å². The predicted molar refractivity (Wildman–Crippen MR) is 94.5 cm³/mol. The lowest BCUT2D eigenvalue weighted by Gasteiger charge is -2.34. The zero-order chi connectivity index (χ0) is 17.4. The van der Waals surface area contributed by atoms with Gasteiger partial charge in [-0.2, -0.15) is 0 Å².